The van der Waals surface area contributed by atoms with Gasteiger partial charge in [-0.3, -0.25) is 4.90 Å². The van der Waals surface area contributed by atoms with Crippen LogP contribution in [0, 0.1) is 11.6 Å². The van der Waals surface area contributed by atoms with Gasteiger partial charge in [0.1, 0.15) is 11.6 Å². The molecule has 2 fully saturated rings. The Bertz CT molecular complexity index is 707. The largest absolute Gasteiger partial charge is 0.379 e. The molecule has 2 heterocycles. The minimum absolute atomic E-state index is 0. The molecule has 6 nitrogen and oxygen atoms in total. The fraction of sp³-hybridized carbons (Fsp3) is 0.667. The SMILES string of the molecule is Cl.O=S(=O)(c1cc(F)cc(F)c1)N(CCCN1CCOCC1)C1CCCNC1. The number of sulfonamides is 1. The number of nitrogens with zero attached hydrogens (tertiary/aromatic N) is 2. The van der Waals surface area contributed by atoms with E-state index in [-0.39, 0.29) is 23.3 Å². The molecule has 2 saturated heterocycles. The predicted octanol–water partition coefficient (Wildman–Crippen LogP) is 1.85. The first-order chi connectivity index (χ1) is 13.0. The molecule has 1 atom stereocenters. The number of hydrogen-bond acceptors (Lipinski definition) is 5. The summed E-state index contributed by atoms with van der Waals surface area (Å²) in [6, 6.07) is 2.26. The second kappa shape index (κ2) is 10.8. The topological polar surface area (TPSA) is 61.9 Å². The van der Waals surface area contributed by atoms with E-state index in [2.05, 4.69) is 10.2 Å². The van der Waals surface area contributed by atoms with E-state index >= 15 is 0 Å². The molecule has 2 aliphatic heterocycles. The highest BCUT2D eigenvalue weighted by molar-refractivity contribution is 7.89. The number of halogens is 3. The van der Waals surface area contributed by atoms with Crippen LogP contribution in [0.3, 0.4) is 0 Å². The molecule has 0 radical (unpaired) electrons. The van der Waals surface area contributed by atoms with Crippen LogP contribution >= 0.6 is 12.4 Å². The normalized spacial score (nSPS) is 21.5. The van der Waals surface area contributed by atoms with Gasteiger partial charge >= 0.3 is 0 Å². The Balaban J connectivity index is 0.00000280. The van der Waals surface area contributed by atoms with Crippen LogP contribution in [0.15, 0.2) is 23.1 Å². The number of piperidine rings is 1. The molecule has 3 rings (SSSR count). The summed E-state index contributed by atoms with van der Waals surface area (Å²) in [5, 5.41) is 3.22. The van der Waals surface area contributed by atoms with E-state index in [0.29, 0.717) is 38.8 Å². The van der Waals surface area contributed by atoms with Crippen molar-refractivity contribution in [1.29, 1.82) is 0 Å². The molecular weight excluding hydrogens is 412 g/mol. The highest BCUT2D eigenvalue weighted by atomic mass is 35.5. The maximum absolute atomic E-state index is 13.6. The van der Waals surface area contributed by atoms with Gasteiger partial charge in [-0.1, -0.05) is 0 Å². The van der Waals surface area contributed by atoms with Gasteiger partial charge in [-0.15, -0.1) is 12.4 Å². The van der Waals surface area contributed by atoms with Gasteiger partial charge in [0.05, 0.1) is 18.1 Å². The highest BCUT2D eigenvalue weighted by Gasteiger charge is 2.32. The summed E-state index contributed by atoms with van der Waals surface area (Å²) in [5.74, 6) is -1.77. The average Bonchev–Trinajstić information content (AvgIpc) is 2.66. The van der Waals surface area contributed by atoms with Gasteiger partial charge in [0.25, 0.3) is 0 Å². The second-order valence-electron chi connectivity index (χ2n) is 7.03. The van der Waals surface area contributed by atoms with Crippen LogP contribution in [0.25, 0.3) is 0 Å². The number of rotatable bonds is 7. The molecule has 0 saturated carbocycles. The molecule has 160 valence electrons. The summed E-state index contributed by atoms with van der Waals surface area (Å²) in [6.45, 7) is 5.56. The van der Waals surface area contributed by atoms with Gasteiger partial charge in [0.2, 0.25) is 10.0 Å². The van der Waals surface area contributed by atoms with Crippen molar-refractivity contribution < 1.29 is 21.9 Å². The summed E-state index contributed by atoms with van der Waals surface area (Å²) in [6.07, 6.45) is 2.27. The zero-order valence-electron chi connectivity index (χ0n) is 15.8. The Hall–Kier alpha value is -0.840. The van der Waals surface area contributed by atoms with Gasteiger partial charge < -0.3 is 10.1 Å². The number of nitrogens with one attached hydrogen (secondary N) is 1. The van der Waals surface area contributed by atoms with Gasteiger partial charge in [-0.05, 0) is 44.5 Å². The maximum Gasteiger partial charge on any atom is 0.243 e. The molecule has 1 N–H and O–H groups in total. The zero-order chi connectivity index (χ0) is 19.3. The monoisotopic (exact) mass is 439 g/mol. The van der Waals surface area contributed by atoms with Crippen molar-refractivity contribution in [2.24, 2.45) is 0 Å². The summed E-state index contributed by atoms with van der Waals surface area (Å²) in [7, 11) is -3.98. The van der Waals surface area contributed by atoms with E-state index in [9.17, 15) is 17.2 Å². The molecule has 28 heavy (non-hydrogen) atoms. The third kappa shape index (κ3) is 6.08. The molecule has 0 aliphatic carbocycles. The van der Waals surface area contributed by atoms with E-state index < -0.39 is 21.7 Å². The summed E-state index contributed by atoms with van der Waals surface area (Å²) in [4.78, 5) is 1.92. The van der Waals surface area contributed by atoms with Crippen molar-refractivity contribution in [1.82, 2.24) is 14.5 Å². The van der Waals surface area contributed by atoms with Crippen LogP contribution < -0.4 is 5.32 Å². The van der Waals surface area contributed by atoms with Crippen LogP contribution in [-0.4, -0.2) is 76.1 Å². The van der Waals surface area contributed by atoms with Crippen LogP contribution in [0.1, 0.15) is 19.3 Å². The van der Waals surface area contributed by atoms with E-state index in [1.807, 2.05) is 0 Å². The summed E-state index contributed by atoms with van der Waals surface area (Å²) >= 11 is 0. The summed E-state index contributed by atoms with van der Waals surface area (Å²) in [5.41, 5.74) is 0. The molecule has 1 aromatic rings. The molecule has 0 spiro atoms. The standard InChI is InChI=1S/C18H27F2N3O3S.ClH/c19-15-11-16(20)13-18(12-15)27(24,25)23(17-3-1-4-21-14-17)6-2-5-22-7-9-26-10-8-22;/h11-13,17,21H,1-10,14H2;1H. The van der Waals surface area contributed by atoms with Crippen LogP contribution in [0.2, 0.25) is 0 Å². The molecular formula is C18H28ClF2N3O3S. The highest BCUT2D eigenvalue weighted by Crippen LogP contribution is 2.23. The molecule has 0 amide bonds. The van der Waals surface area contributed by atoms with Gasteiger partial charge in [-0.25, -0.2) is 17.2 Å². The number of benzene rings is 1. The van der Waals surface area contributed by atoms with Gasteiger partial charge in [-0.2, -0.15) is 4.31 Å². The predicted molar refractivity (Wildman–Crippen MR) is 105 cm³/mol. The molecule has 2 aliphatic rings. The maximum atomic E-state index is 13.6. The van der Waals surface area contributed by atoms with Gasteiger partial charge in [0.15, 0.2) is 0 Å². The van der Waals surface area contributed by atoms with Crippen molar-refractivity contribution in [2.75, 3.05) is 52.5 Å². The Morgan fingerprint density at radius 2 is 1.86 bits per heavy atom. The fourth-order valence-electron chi connectivity index (χ4n) is 3.67. The summed E-state index contributed by atoms with van der Waals surface area (Å²) < 4.78 is 60.3. The lowest BCUT2D eigenvalue weighted by Crippen LogP contribution is -2.49. The van der Waals surface area contributed by atoms with E-state index in [0.717, 1.165) is 51.2 Å². The van der Waals surface area contributed by atoms with E-state index in [1.54, 1.807) is 0 Å². The molecule has 1 aromatic carbocycles. The average molecular weight is 440 g/mol. The lowest BCUT2D eigenvalue weighted by atomic mass is 10.1. The molecule has 1 unspecified atom stereocenters. The van der Waals surface area contributed by atoms with Crippen molar-refractivity contribution in [3.63, 3.8) is 0 Å². The van der Waals surface area contributed by atoms with Crippen molar-refractivity contribution >= 4 is 22.4 Å². The smallest absolute Gasteiger partial charge is 0.243 e. The van der Waals surface area contributed by atoms with Crippen LogP contribution in [-0.2, 0) is 14.8 Å². The first-order valence-electron chi connectivity index (χ1n) is 9.45. The van der Waals surface area contributed by atoms with Crippen LogP contribution in [0.5, 0.6) is 0 Å². The molecule has 0 aromatic heterocycles. The Kier molecular flexibility index (Phi) is 9.04. The van der Waals surface area contributed by atoms with E-state index in [1.165, 1.54) is 4.31 Å². The number of morpholine rings is 1. The minimum Gasteiger partial charge on any atom is -0.379 e. The number of hydrogen-bond donors (Lipinski definition) is 1. The van der Waals surface area contributed by atoms with Crippen molar-refractivity contribution in [2.45, 2.75) is 30.2 Å². The minimum atomic E-state index is -3.98. The molecule has 0 bridgehead atoms. The Morgan fingerprint density at radius 1 is 1.18 bits per heavy atom. The Labute approximate surface area is 171 Å². The first kappa shape index (κ1) is 23.4. The second-order valence-corrected chi connectivity index (χ2v) is 8.92. The Morgan fingerprint density at radius 3 is 2.46 bits per heavy atom. The lowest BCUT2D eigenvalue weighted by molar-refractivity contribution is 0.0365. The number of ether oxygens (including phenoxy) is 1. The molecule has 10 heteroatoms. The third-order valence-corrected chi connectivity index (χ3v) is 7.01. The van der Waals surface area contributed by atoms with E-state index in [4.69, 9.17) is 4.74 Å². The first-order valence-corrected chi connectivity index (χ1v) is 10.9. The lowest BCUT2D eigenvalue weighted by Gasteiger charge is -2.34. The fourth-order valence-corrected chi connectivity index (χ4v) is 5.40. The zero-order valence-corrected chi connectivity index (χ0v) is 17.4. The quantitative estimate of drug-likeness (QED) is 0.702. The van der Waals surface area contributed by atoms with Crippen molar-refractivity contribution in [3.05, 3.63) is 29.8 Å². The van der Waals surface area contributed by atoms with Crippen LogP contribution in [0.4, 0.5) is 8.78 Å². The third-order valence-electron chi connectivity index (χ3n) is 5.08. The van der Waals surface area contributed by atoms with Crippen molar-refractivity contribution in [3.8, 4) is 0 Å². The van der Waals surface area contributed by atoms with Gasteiger partial charge in [0, 0.05) is 38.3 Å².